The molecule has 2 heterocycles. The minimum absolute atomic E-state index is 0.180. The molecule has 0 unspecified atom stereocenters. The lowest BCUT2D eigenvalue weighted by atomic mass is 10.0. The number of nitrogens with zero attached hydrogens (tertiary/aromatic N) is 1. The van der Waals surface area contributed by atoms with Gasteiger partial charge in [-0.15, -0.1) is 0 Å². The van der Waals surface area contributed by atoms with Crippen molar-refractivity contribution in [2.24, 2.45) is 0 Å². The van der Waals surface area contributed by atoms with Crippen molar-refractivity contribution in [3.63, 3.8) is 0 Å². The standard InChI is InChI=1S/C15H20N2O4S.C10H15NO5S/c1-21-11-3-4-14-13(9-11)12-5-7-17(10-15(12)16-14)6-2-8-22(18,19)20;12-9-3-2-8(6-10(9)13)7-11-4-1-5-17(14,15)16/h3-4,9,16H,2,5-8,10H2,1H3,(H,18,19,20);2-3,6,11-13H,1,4-5,7H2,(H,14,15,16). The fourth-order valence-electron chi connectivity index (χ4n) is 4.36. The highest BCUT2D eigenvalue weighted by atomic mass is 32.2. The van der Waals surface area contributed by atoms with Crippen molar-refractivity contribution in [3.05, 3.63) is 53.2 Å². The van der Waals surface area contributed by atoms with Crippen molar-refractivity contribution in [1.82, 2.24) is 15.2 Å². The first-order valence-corrected chi connectivity index (χ1v) is 15.6. The van der Waals surface area contributed by atoms with Gasteiger partial charge in [0.1, 0.15) is 5.75 Å². The van der Waals surface area contributed by atoms with Gasteiger partial charge in [0.15, 0.2) is 11.5 Å². The Balaban J connectivity index is 0.000000224. The average Bonchev–Trinajstić information content (AvgIpc) is 3.22. The van der Waals surface area contributed by atoms with E-state index in [-0.39, 0.29) is 23.0 Å². The van der Waals surface area contributed by atoms with E-state index in [1.54, 1.807) is 13.2 Å². The number of hydrogen-bond donors (Lipinski definition) is 6. The molecule has 39 heavy (non-hydrogen) atoms. The van der Waals surface area contributed by atoms with Crippen LogP contribution in [0, 0.1) is 0 Å². The number of fused-ring (bicyclic) bond motifs is 3. The molecule has 14 heteroatoms. The summed E-state index contributed by atoms with van der Waals surface area (Å²) in [6.45, 7) is 3.21. The molecule has 1 aliphatic rings. The predicted molar refractivity (Wildman–Crippen MR) is 147 cm³/mol. The predicted octanol–water partition coefficient (Wildman–Crippen LogP) is 2.28. The highest BCUT2D eigenvalue weighted by Crippen LogP contribution is 2.30. The molecular weight excluding hydrogens is 550 g/mol. The minimum atomic E-state index is -3.89. The zero-order chi connectivity index (χ0) is 28.6. The lowest BCUT2D eigenvalue weighted by molar-refractivity contribution is 0.252. The van der Waals surface area contributed by atoms with Crippen molar-refractivity contribution >= 4 is 31.1 Å². The topological polar surface area (TPSA) is 189 Å². The number of benzene rings is 2. The average molecular weight is 586 g/mol. The number of phenolic OH excluding ortho intramolecular Hbond substituents is 2. The second kappa shape index (κ2) is 13.5. The molecule has 0 atom stereocenters. The van der Waals surface area contributed by atoms with Gasteiger partial charge in [-0.1, -0.05) is 6.07 Å². The third kappa shape index (κ3) is 9.98. The molecule has 0 bridgehead atoms. The first-order chi connectivity index (χ1) is 18.3. The number of nitrogens with one attached hydrogen (secondary N) is 2. The van der Waals surface area contributed by atoms with Crippen LogP contribution in [0.15, 0.2) is 36.4 Å². The van der Waals surface area contributed by atoms with Gasteiger partial charge in [0.2, 0.25) is 0 Å². The summed E-state index contributed by atoms with van der Waals surface area (Å²) in [5.41, 5.74) is 4.37. The van der Waals surface area contributed by atoms with E-state index >= 15 is 0 Å². The Morgan fingerprint density at radius 3 is 2.36 bits per heavy atom. The zero-order valence-electron chi connectivity index (χ0n) is 21.6. The van der Waals surface area contributed by atoms with Gasteiger partial charge in [0, 0.05) is 36.2 Å². The number of H-pyrrole nitrogens is 1. The van der Waals surface area contributed by atoms with Crippen LogP contribution in [0.25, 0.3) is 10.9 Å². The summed E-state index contributed by atoms with van der Waals surface area (Å²) < 4.78 is 64.9. The van der Waals surface area contributed by atoms with E-state index in [0.717, 1.165) is 36.3 Å². The third-order valence-corrected chi connectivity index (χ3v) is 7.87. The first-order valence-electron chi connectivity index (χ1n) is 12.4. The van der Waals surface area contributed by atoms with E-state index in [2.05, 4.69) is 21.3 Å². The zero-order valence-corrected chi connectivity index (χ0v) is 23.3. The van der Waals surface area contributed by atoms with Crippen LogP contribution in [-0.2, 0) is 39.7 Å². The molecule has 0 radical (unpaired) electrons. The molecule has 2 aromatic carbocycles. The highest BCUT2D eigenvalue weighted by molar-refractivity contribution is 7.86. The van der Waals surface area contributed by atoms with Gasteiger partial charge in [-0.25, -0.2) is 0 Å². The van der Waals surface area contributed by atoms with E-state index in [1.165, 1.54) is 28.8 Å². The Bertz CT molecular complexity index is 1470. The molecular formula is C25H35N3O9S2. The van der Waals surface area contributed by atoms with Crippen LogP contribution in [0.1, 0.15) is 29.7 Å². The molecule has 0 fully saturated rings. The molecule has 0 saturated carbocycles. The van der Waals surface area contributed by atoms with Crippen LogP contribution >= 0.6 is 0 Å². The fraction of sp³-hybridized carbons (Fsp3) is 0.440. The number of ether oxygens (including phenoxy) is 1. The molecule has 3 aromatic rings. The number of phenols is 2. The van der Waals surface area contributed by atoms with Crippen molar-refractivity contribution < 1.29 is 40.9 Å². The molecule has 4 rings (SSSR count). The van der Waals surface area contributed by atoms with Crippen LogP contribution in [-0.4, -0.2) is 84.3 Å². The third-order valence-electron chi connectivity index (χ3n) is 6.26. The Labute approximate surface area is 228 Å². The quantitative estimate of drug-likeness (QED) is 0.110. The van der Waals surface area contributed by atoms with Crippen molar-refractivity contribution in [1.29, 1.82) is 0 Å². The van der Waals surface area contributed by atoms with E-state index in [9.17, 15) is 21.9 Å². The molecule has 0 aliphatic carbocycles. The maximum Gasteiger partial charge on any atom is 0.264 e. The summed E-state index contributed by atoms with van der Waals surface area (Å²) in [7, 11) is -6.09. The maximum absolute atomic E-state index is 10.8. The van der Waals surface area contributed by atoms with Gasteiger partial charge in [-0.05, 0) is 73.8 Å². The SMILES string of the molecule is COc1ccc2[nH]c3c(c2c1)CCN(CCCS(=O)(=O)O)C3.O=S(=O)(O)CCCNCc1ccc(O)c(O)c1. The van der Waals surface area contributed by atoms with E-state index < -0.39 is 20.2 Å². The summed E-state index contributed by atoms with van der Waals surface area (Å²) in [6, 6.07) is 10.5. The summed E-state index contributed by atoms with van der Waals surface area (Å²) in [5.74, 6) is 0.0217. The number of hydrogen-bond acceptors (Lipinski definition) is 9. The van der Waals surface area contributed by atoms with Gasteiger partial charge < -0.3 is 25.3 Å². The van der Waals surface area contributed by atoms with E-state index in [1.807, 2.05) is 12.1 Å². The van der Waals surface area contributed by atoms with Gasteiger partial charge >= 0.3 is 0 Å². The first kappa shape index (κ1) is 30.7. The van der Waals surface area contributed by atoms with Gasteiger partial charge in [0.25, 0.3) is 20.2 Å². The monoisotopic (exact) mass is 585 g/mol. The molecule has 216 valence electrons. The van der Waals surface area contributed by atoms with Crippen LogP contribution in [0.5, 0.6) is 17.2 Å². The summed E-state index contributed by atoms with van der Waals surface area (Å²) >= 11 is 0. The molecule has 1 aliphatic heterocycles. The smallest absolute Gasteiger partial charge is 0.264 e. The molecule has 6 N–H and O–H groups in total. The van der Waals surface area contributed by atoms with Crippen molar-refractivity contribution in [2.75, 3.05) is 38.2 Å². The number of aromatic amines is 1. The molecule has 0 spiro atoms. The Kier molecular flexibility index (Phi) is 10.6. The van der Waals surface area contributed by atoms with Crippen LogP contribution in [0.2, 0.25) is 0 Å². The molecule has 1 aromatic heterocycles. The molecule has 12 nitrogen and oxygen atoms in total. The molecule has 0 amide bonds. The lowest BCUT2D eigenvalue weighted by Crippen LogP contribution is -2.32. The van der Waals surface area contributed by atoms with Gasteiger partial charge in [-0.2, -0.15) is 16.8 Å². The summed E-state index contributed by atoms with van der Waals surface area (Å²) in [4.78, 5) is 5.65. The number of methoxy groups -OCH3 is 1. The molecule has 0 saturated heterocycles. The second-order valence-electron chi connectivity index (χ2n) is 9.30. The maximum atomic E-state index is 10.8. The fourth-order valence-corrected chi connectivity index (χ4v) is 5.36. The van der Waals surface area contributed by atoms with E-state index in [0.29, 0.717) is 32.5 Å². The normalized spacial score (nSPS) is 14.0. The Morgan fingerprint density at radius 1 is 0.974 bits per heavy atom. The van der Waals surface area contributed by atoms with Crippen molar-refractivity contribution in [2.45, 2.75) is 32.4 Å². The van der Waals surface area contributed by atoms with Gasteiger partial charge in [0.05, 0.1) is 18.6 Å². The number of aromatic hydroxyl groups is 2. The Hall–Kier alpha value is -2.88. The lowest BCUT2D eigenvalue weighted by Gasteiger charge is -2.26. The summed E-state index contributed by atoms with van der Waals surface area (Å²) in [6.07, 6.45) is 1.68. The summed E-state index contributed by atoms with van der Waals surface area (Å²) in [5, 5.41) is 22.5. The highest BCUT2D eigenvalue weighted by Gasteiger charge is 2.21. The number of aromatic nitrogens is 1. The Morgan fingerprint density at radius 2 is 1.69 bits per heavy atom. The number of rotatable bonds is 11. The minimum Gasteiger partial charge on any atom is -0.504 e. The van der Waals surface area contributed by atoms with Crippen LogP contribution in [0.4, 0.5) is 0 Å². The van der Waals surface area contributed by atoms with E-state index in [4.69, 9.17) is 18.9 Å². The second-order valence-corrected chi connectivity index (χ2v) is 12.4. The van der Waals surface area contributed by atoms with Crippen LogP contribution in [0.3, 0.4) is 0 Å². The van der Waals surface area contributed by atoms with Gasteiger partial charge in [-0.3, -0.25) is 14.0 Å². The van der Waals surface area contributed by atoms with Crippen LogP contribution < -0.4 is 10.1 Å². The van der Waals surface area contributed by atoms with Crippen molar-refractivity contribution in [3.8, 4) is 17.2 Å². The largest absolute Gasteiger partial charge is 0.504 e.